The lowest BCUT2D eigenvalue weighted by Gasteiger charge is -2.14. The minimum absolute atomic E-state index is 0.0804. The summed E-state index contributed by atoms with van der Waals surface area (Å²) in [5.41, 5.74) is 0. The van der Waals surface area contributed by atoms with Crippen LogP contribution in [0.5, 0.6) is 0 Å². The van der Waals surface area contributed by atoms with Gasteiger partial charge in [0.2, 0.25) is 11.8 Å². The van der Waals surface area contributed by atoms with E-state index in [2.05, 4.69) is 0 Å². The minimum Gasteiger partial charge on any atom is -0.295 e. The molecular weight excluding hydrogens is 218 g/mol. The third-order valence-electron chi connectivity index (χ3n) is 3.24. The molecule has 0 radical (unpaired) electrons. The van der Waals surface area contributed by atoms with Crippen molar-refractivity contribution in [2.24, 2.45) is 11.8 Å². The molecule has 2 atom stereocenters. The van der Waals surface area contributed by atoms with Gasteiger partial charge in [0.05, 0.1) is 11.8 Å². The van der Waals surface area contributed by atoms with Gasteiger partial charge in [-0.25, -0.2) is 0 Å². The van der Waals surface area contributed by atoms with E-state index in [0.717, 1.165) is 0 Å². The lowest BCUT2D eigenvalue weighted by Crippen LogP contribution is -2.31. The average molecular weight is 233 g/mol. The van der Waals surface area contributed by atoms with E-state index in [0.29, 0.717) is 12.8 Å². The van der Waals surface area contributed by atoms with Crippen molar-refractivity contribution in [3.63, 3.8) is 0 Å². The molecule has 2 amide bonds. The predicted octanol–water partition coefficient (Wildman–Crippen LogP) is 1.08. The molecule has 0 aromatic heterocycles. The van der Waals surface area contributed by atoms with Crippen LogP contribution in [0.2, 0.25) is 0 Å². The number of rotatable bonds is 3. The van der Waals surface area contributed by atoms with Crippen molar-refractivity contribution >= 4 is 17.6 Å². The third-order valence-corrected chi connectivity index (χ3v) is 3.24. The Morgan fingerprint density at radius 1 is 1.29 bits per heavy atom. The Balaban J connectivity index is 2.07. The van der Waals surface area contributed by atoms with Gasteiger partial charge in [-0.15, -0.1) is 0 Å². The SMILES string of the molecule is CC(=O)/C=C/CN1C(=O)C2CC=CCC2C1=O. The van der Waals surface area contributed by atoms with Crippen LogP contribution in [0, 0.1) is 11.8 Å². The Bertz CT molecular complexity index is 396. The van der Waals surface area contributed by atoms with Gasteiger partial charge in [-0.1, -0.05) is 18.2 Å². The molecule has 0 aromatic carbocycles. The number of likely N-dealkylation sites (tertiary alicyclic amines) is 1. The van der Waals surface area contributed by atoms with Gasteiger partial charge in [0.15, 0.2) is 5.78 Å². The zero-order chi connectivity index (χ0) is 12.4. The fourth-order valence-electron chi connectivity index (χ4n) is 2.37. The van der Waals surface area contributed by atoms with Crippen LogP contribution in [0.3, 0.4) is 0 Å². The highest BCUT2D eigenvalue weighted by atomic mass is 16.2. The summed E-state index contributed by atoms with van der Waals surface area (Å²) in [6.45, 7) is 1.65. The fraction of sp³-hybridized carbons (Fsp3) is 0.462. The first-order valence-electron chi connectivity index (χ1n) is 5.78. The quantitative estimate of drug-likeness (QED) is 0.416. The molecule has 1 aliphatic heterocycles. The first kappa shape index (κ1) is 11.8. The number of hydrogen-bond donors (Lipinski definition) is 0. The van der Waals surface area contributed by atoms with E-state index < -0.39 is 0 Å². The predicted molar refractivity (Wildman–Crippen MR) is 61.9 cm³/mol. The minimum atomic E-state index is -0.182. The second-order valence-corrected chi connectivity index (χ2v) is 4.46. The first-order valence-corrected chi connectivity index (χ1v) is 5.78. The van der Waals surface area contributed by atoms with E-state index >= 15 is 0 Å². The molecule has 0 spiro atoms. The number of imide groups is 1. The van der Waals surface area contributed by atoms with Gasteiger partial charge in [-0.05, 0) is 25.8 Å². The number of fused-ring (bicyclic) bond motifs is 1. The molecule has 0 N–H and O–H groups in total. The lowest BCUT2D eigenvalue weighted by molar-refractivity contribution is -0.139. The van der Waals surface area contributed by atoms with Crippen LogP contribution in [-0.4, -0.2) is 29.0 Å². The molecule has 17 heavy (non-hydrogen) atoms. The molecule has 2 rings (SSSR count). The number of amides is 2. The van der Waals surface area contributed by atoms with E-state index in [1.165, 1.54) is 17.9 Å². The van der Waals surface area contributed by atoms with E-state index in [4.69, 9.17) is 0 Å². The van der Waals surface area contributed by atoms with Crippen LogP contribution in [0.15, 0.2) is 24.3 Å². The van der Waals surface area contributed by atoms with Crippen molar-refractivity contribution in [3.8, 4) is 0 Å². The van der Waals surface area contributed by atoms with E-state index in [9.17, 15) is 14.4 Å². The molecule has 1 heterocycles. The van der Waals surface area contributed by atoms with Gasteiger partial charge in [-0.2, -0.15) is 0 Å². The van der Waals surface area contributed by atoms with Gasteiger partial charge < -0.3 is 0 Å². The molecule has 2 aliphatic rings. The lowest BCUT2D eigenvalue weighted by atomic mass is 9.85. The third kappa shape index (κ3) is 2.20. The number of carbonyl (C=O) groups excluding carboxylic acids is 3. The number of carbonyl (C=O) groups is 3. The van der Waals surface area contributed by atoms with E-state index in [-0.39, 0.29) is 36.0 Å². The molecule has 0 aromatic rings. The van der Waals surface area contributed by atoms with Crippen LogP contribution in [-0.2, 0) is 14.4 Å². The molecular formula is C13H15NO3. The molecule has 4 heteroatoms. The highest BCUT2D eigenvalue weighted by Gasteiger charge is 2.46. The number of allylic oxidation sites excluding steroid dienone is 3. The van der Waals surface area contributed by atoms with Crippen LogP contribution in [0.1, 0.15) is 19.8 Å². The molecule has 90 valence electrons. The largest absolute Gasteiger partial charge is 0.295 e. The average Bonchev–Trinajstić information content (AvgIpc) is 2.54. The van der Waals surface area contributed by atoms with Crippen molar-refractivity contribution in [2.45, 2.75) is 19.8 Å². The second kappa shape index (κ2) is 4.65. The van der Waals surface area contributed by atoms with Crippen molar-refractivity contribution in [3.05, 3.63) is 24.3 Å². The smallest absolute Gasteiger partial charge is 0.233 e. The normalized spacial score (nSPS) is 27.9. The summed E-state index contributed by atoms with van der Waals surface area (Å²) < 4.78 is 0. The Kier molecular flexibility index (Phi) is 3.22. The maximum atomic E-state index is 12.0. The molecule has 1 saturated heterocycles. The van der Waals surface area contributed by atoms with Gasteiger partial charge in [0.1, 0.15) is 0 Å². The van der Waals surface area contributed by atoms with Crippen molar-refractivity contribution in [1.29, 1.82) is 0 Å². The number of nitrogens with zero attached hydrogens (tertiary/aromatic N) is 1. The Morgan fingerprint density at radius 2 is 1.82 bits per heavy atom. The molecule has 0 bridgehead atoms. The summed E-state index contributed by atoms with van der Waals surface area (Å²) >= 11 is 0. The maximum Gasteiger partial charge on any atom is 0.233 e. The summed E-state index contributed by atoms with van der Waals surface area (Å²) in [5.74, 6) is -0.644. The van der Waals surface area contributed by atoms with Gasteiger partial charge >= 0.3 is 0 Å². The summed E-state index contributed by atoms with van der Waals surface area (Å²) in [6, 6.07) is 0. The first-order chi connectivity index (χ1) is 8.11. The molecule has 1 aliphatic carbocycles. The summed E-state index contributed by atoms with van der Waals surface area (Å²) in [5, 5.41) is 0. The summed E-state index contributed by atoms with van der Waals surface area (Å²) in [7, 11) is 0. The van der Waals surface area contributed by atoms with Crippen LogP contribution < -0.4 is 0 Å². The zero-order valence-corrected chi connectivity index (χ0v) is 9.76. The fourth-order valence-corrected chi connectivity index (χ4v) is 2.37. The topological polar surface area (TPSA) is 54.5 Å². The molecule has 1 fully saturated rings. The highest BCUT2D eigenvalue weighted by Crippen LogP contribution is 2.34. The van der Waals surface area contributed by atoms with Crippen LogP contribution in [0.4, 0.5) is 0 Å². The molecule has 0 saturated carbocycles. The molecule has 4 nitrogen and oxygen atoms in total. The maximum absolute atomic E-state index is 12.0. The number of hydrogen-bond acceptors (Lipinski definition) is 3. The Labute approximate surface area is 100.0 Å². The summed E-state index contributed by atoms with van der Waals surface area (Å²) in [4.78, 5) is 36.0. The van der Waals surface area contributed by atoms with Crippen molar-refractivity contribution < 1.29 is 14.4 Å². The zero-order valence-electron chi connectivity index (χ0n) is 9.76. The molecule has 2 unspecified atom stereocenters. The standard InChI is InChI=1S/C13H15NO3/c1-9(15)5-4-8-14-12(16)10-6-2-3-7-11(10)13(14)17/h2-5,10-11H,6-8H2,1H3/b5-4+. The van der Waals surface area contributed by atoms with Crippen molar-refractivity contribution in [1.82, 2.24) is 4.90 Å². The van der Waals surface area contributed by atoms with Crippen molar-refractivity contribution in [2.75, 3.05) is 6.54 Å². The van der Waals surface area contributed by atoms with Crippen LogP contribution >= 0.6 is 0 Å². The monoisotopic (exact) mass is 233 g/mol. The Hall–Kier alpha value is -1.71. The second-order valence-electron chi connectivity index (χ2n) is 4.46. The number of ketones is 1. The van der Waals surface area contributed by atoms with E-state index in [1.54, 1.807) is 6.08 Å². The van der Waals surface area contributed by atoms with Gasteiger partial charge in [-0.3, -0.25) is 19.3 Å². The van der Waals surface area contributed by atoms with Gasteiger partial charge in [0, 0.05) is 6.54 Å². The van der Waals surface area contributed by atoms with Crippen LogP contribution in [0.25, 0.3) is 0 Å². The summed E-state index contributed by atoms with van der Waals surface area (Å²) in [6.07, 6.45) is 8.19. The van der Waals surface area contributed by atoms with Gasteiger partial charge in [0.25, 0.3) is 0 Å². The van der Waals surface area contributed by atoms with E-state index in [1.807, 2.05) is 12.2 Å². The highest BCUT2D eigenvalue weighted by molar-refractivity contribution is 6.05. The Morgan fingerprint density at radius 3 is 2.29 bits per heavy atom.